The van der Waals surface area contributed by atoms with Crippen molar-refractivity contribution in [3.05, 3.63) is 34.6 Å². The largest absolute Gasteiger partial charge is 0.387 e. The van der Waals surface area contributed by atoms with Crippen LogP contribution in [-0.2, 0) is 0 Å². The lowest BCUT2D eigenvalue weighted by atomic mass is 10.2. The van der Waals surface area contributed by atoms with Gasteiger partial charge in [-0.2, -0.15) is 0 Å². The Hall–Kier alpha value is -1.95. The quantitative estimate of drug-likeness (QED) is 0.907. The Bertz CT molecular complexity index is 648. The van der Waals surface area contributed by atoms with E-state index in [1.165, 1.54) is 24.2 Å². The first kappa shape index (κ1) is 13.1. The van der Waals surface area contributed by atoms with Crippen LogP contribution in [0.2, 0.25) is 0 Å². The Morgan fingerprint density at radius 1 is 1.45 bits per heavy atom. The first-order valence-electron chi connectivity index (χ1n) is 6.58. The van der Waals surface area contributed by atoms with Crippen molar-refractivity contribution in [2.24, 2.45) is 0 Å². The summed E-state index contributed by atoms with van der Waals surface area (Å²) >= 11 is 1.47. The minimum absolute atomic E-state index is 0.182. The molecule has 1 saturated carbocycles. The molecule has 1 aliphatic carbocycles. The van der Waals surface area contributed by atoms with Gasteiger partial charge in [-0.15, -0.1) is 11.3 Å². The van der Waals surface area contributed by atoms with Crippen molar-refractivity contribution in [3.8, 4) is 0 Å². The van der Waals surface area contributed by atoms with Gasteiger partial charge in [-0.1, -0.05) is 0 Å². The highest BCUT2D eigenvalue weighted by molar-refractivity contribution is 7.14. The van der Waals surface area contributed by atoms with E-state index in [1.807, 2.05) is 18.4 Å². The van der Waals surface area contributed by atoms with Gasteiger partial charge >= 0.3 is 0 Å². The molecule has 1 fully saturated rings. The summed E-state index contributed by atoms with van der Waals surface area (Å²) in [6.07, 6.45) is 4.01. The Morgan fingerprint density at radius 2 is 2.25 bits per heavy atom. The van der Waals surface area contributed by atoms with E-state index in [4.69, 9.17) is 0 Å². The maximum atomic E-state index is 12.3. The lowest BCUT2D eigenvalue weighted by molar-refractivity contribution is 0.102. The van der Waals surface area contributed by atoms with Gasteiger partial charge in [0.15, 0.2) is 5.13 Å². The van der Waals surface area contributed by atoms with Crippen LogP contribution in [0.4, 0.5) is 10.8 Å². The van der Waals surface area contributed by atoms with Crippen molar-refractivity contribution in [1.29, 1.82) is 0 Å². The van der Waals surface area contributed by atoms with Gasteiger partial charge in [-0.25, -0.2) is 4.98 Å². The molecule has 104 valence electrons. The average molecular weight is 288 g/mol. The fourth-order valence-corrected chi connectivity index (χ4v) is 2.81. The number of thiazole rings is 1. The zero-order valence-corrected chi connectivity index (χ0v) is 12.3. The molecule has 2 heterocycles. The fraction of sp³-hybridized carbons (Fsp3) is 0.357. The maximum Gasteiger partial charge on any atom is 0.261 e. The molecule has 2 aromatic rings. The van der Waals surface area contributed by atoms with E-state index in [9.17, 15) is 4.79 Å². The molecule has 0 atom stereocenters. The summed E-state index contributed by atoms with van der Waals surface area (Å²) in [5, 5.41) is 8.54. The van der Waals surface area contributed by atoms with E-state index >= 15 is 0 Å². The van der Waals surface area contributed by atoms with Crippen LogP contribution in [0, 0.1) is 6.92 Å². The summed E-state index contributed by atoms with van der Waals surface area (Å²) in [4.78, 5) is 20.9. The van der Waals surface area contributed by atoms with Gasteiger partial charge in [0.05, 0.1) is 16.9 Å². The highest BCUT2D eigenvalue weighted by Crippen LogP contribution is 2.40. The number of pyridine rings is 1. The first-order valence-corrected chi connectivity index (χ1v) is 7.46. The number of aryl methyl sites for hydroxylation is 1. The Balaban J connectivity index is 1.77. The van der Waals surface area contributed by atoms with Crippen molar-refractivity contribution >= 4 is 28.1 Å². The summed E-state index contributed by atoms with van der Waals surface area (Å²) in [6.45, 7) is 1.89. The number of rotatable bonds is 4. The van der Waals surface area contributed by atoms with Crippen LogP contribution in [0.3, 0.4) is 0 Å². The van der Waals surface area contributed by atoms with E-state index in [2.05, 4.69) is 20.6 Å². The van der Waals surface area contributed by atoms with Gasteiger partial charge < -0.3 is 5.32 Å². The molecule has 0 spiro atoms. The molecule has 0 aromatic carbocycles. The van der Waals surface area contributed by atoms with Crippen molar-refractivity contribution in [2.45, 2.75) is 25.7 Å². The van der Waals surface area contributed by atoms with Crippen LogP contribution in [-0.4, -0.2) is 22.9 Å². The number of hydrogen-bond donors (Lipinski definition) is 2. The van der Waals surface area contributed by atoms with Crippen LogP contribution < -0.4 is 10.6 Å². The molecular formula is C14H16N4OS. The first-order chi connectivity index (χ1) is 9.67. The van der Waals surface area contributed by atoms with E-state index in [1.54, 1.807) is 13.2 Å². The summed E-state index contributed by atoms with van der Waals surface area (Å²) < 4.78 is 0. The zero-order valence-electron chi connectivity index (χ0n) is 11.4. The van der Waals surface area contributed by atoms with Crippen LogP contribution in [0.1, 0.15) is 40.5 Å². The Morgan fingerprint density at radius 3 is 2.95 bits per heavy atom. The predicted molar refractivity (Wildman–Crippen MR) is 80.6 cm³/mol. The lowest BCUT2D eigenvalue weighted by Gasteiger charge is -2.08. The van der Waals surface area contributed by atoms with Crippen LogP contribution in [0.5, 0.6) is 0 Å². The van der Waals surface area contributed by atoms with E-state index in [-0.39, 0.29) is 5.91 Å². The molecule has 0 radical (unpaired) electrons. The molecule has 1 aliphatic rings. The molecule has 3 rings (SSSR count). The van der Waals surface area contributed by atoms with Crippen LogP contribution >= 0.6 is 11.3 Å². The molecule has 0 bridgehead atoms. The SMILES string of the molecule is CNc1cc(C)ncc1C(=O)Nc1nc(C2CC2)cs1. The van der Waals surface area contributed by atoms with Crippen molar-refractivity contribution in [1.82, 2.24) is 9.97 Å². The van der Waals surface area contributed by atoms with Crippen molar-refractivity contribution < 1.29 is 4.79 Å². The molecular weight excluding hydrogens is 272 g/mol. The molecule has 0 unspecified atom stereocenters. The number of nitrogens with zero attached hydrogens (tertiary/aromatic N) is 2. The van der Waals surface area contributed by atoms with Crippen molar-refractivity contribution in [3.63, 3.8) is 0 Å². The fourth-order valence-electron chi connectivity index (χ4n) is 2.02. The molecule has 20 heavy (non-hydrogen) atoms. The normalized spacial score (nSPS) is 14.1. The third-order valence-corrected chi connectivity index (χ3v) is 4.07. The van der Waals surface area contributed by atoms with Gasteiger partial charge in [0.2, 0.25) is 0 Å². The smallest absolute Gasteiger partial charge is 0.261 e. The molecule has 2 aromatic heterocycles. The predicted octanol–water partition coefficient (Wildman–Crippen LogP) is 3.02. The number of anilines is 2. The third kappa shape index (κ3) is 2.65. The molecule has 5 nitrogen and oxygen atoms in total. The Kier molecular flexibility index (Phi) is 3.40. The van der Waals surface area contributed by atoms with Gasteiger partial charge in [-0.3, -0.25) is 15.1 Å². The van der Waals surface area contributed by atoms with Crippen LogP contribution in [0.15, 0.2) is 17.6 Å². The summed E-state index contributed by atoms with van der Waals surface area (Å²) in [6, 6.07) is 1.85. The second-order valence-electron chi connectivity index (χ2n) is 4.93. The molecule has 6 heteroatoms. The number of aromatic nitrogens is 2. The van der Waals surface area contributed by atoms with Gasteiger partial charge in [0.1, 0.15) is 0 Å². The summed E-state index contributed by atoms with van der Waals surface area (Å²) in [7, 11) is 1.79. The standard InChI is InChI=1S/C14H16N4OS/c1-8-5-11(15-2)10(6-16-8)13(19)18-14-17-12(7-20-14)9-3-4-9/h5-7,9H,3-4H2,1-2H3,(H,15,16)(H,17,18,19). The second kappa shape index (κ2) is 5.20. The third-order valence-electron chi connectivity index (χ3n) is 3.29. The average Bonchev–Trinajstić information content (AvgIpc) is 3.19. The van der Waals surface area contributed by atoms with E-state index in [0.717, 1.165) is 17.1 Å². The molecule has 2 N–H and O–H groups in total. The van der Waals surface area contributed by atoms with Gasteiger partial charge in [0.25, 0.3) is 5.91 Å². The second-order valence-corrected chi connectivity index (χ2v) is 5.79. The highest BCUT2D eigenvalue weighted by Gasteiger charge is 2.26. The minimum atomic E-state index is -0.182. The minimum Gasteiger partial charge on any atom is -0.387 e. The highest BCUT2D eigenvalue weighted by atomic mass is 32.1. The molecule has 0 saturated heterocycles. The number of carbonyl (C=O) groups excluding carboxylic acids is 1. The monoisotopic (exact) mass is 288 g/mol. The number of carbonyl (C=O) groups is 1. The van der Waals surface area contributed by atoms with Gasteiger partial charge in [0, 0.05) is 30.2 Å². The van der Waals surface area contributed by atoms with E-state index in [0.29, 0.717) is 16.6 Å². The summed E-state index contributed by atoms with van der Waals surface area (Å²) in [5.74, 6) is 0.421. The number of hydrogen-bond acceptors (Lipinski definition) is 5. The number of nitrogens with one attached hydrogen (secondary N) is 2. The topological polar surface area (TPSA) is 66.9 Å². The van der Waals surface area contributed by atoms with Crippen LogP contribution in [0.25, 0.3) is 0 Å². The van der Waals surface area contributed by atoms with Gasteiger partial charge in [-0.05, 0) is 25.8 Å². The lowest BCUT2D eigenvalue weighted by Crippen LogP contribution is -2.14. The molecule has 0 aliphatic heterocycles. The van der Waals surface area contributed by atoms with E-state index < -0.39 is 0 Å². The maximum absolute atomic E-state index is 12.3. The summed E-state index contributed by atoms with van der Waals surface area (Å²) in [5.41, 5.74) is 3.27. The van der Waals surface area contributed by atoms with Crippen molar-refractivity contribution in [2.75, 3.05) is 17.7 Å². The molecule has 1 amide bonds. The number of amides is 1. The zero-order chi connectivity index (χ0) is 14.1. The Labute approximate surface area is 121 Å².